The average molecular weight is 569 g/mol. The fraction of sp³-hybridized carbons (Fsp3) is 0.429. The second-order valence-electron chi connectivity index (χ2n) is 12.5. The van der Waals surface area contributed by atoms with Gasteiger partial charge in [-0.25, -0.2) is 0 Å². The van der Waals surface area contributed by atoms with Crippen LogP contribution in [0.4, 0.5) is 0 Å². The van der Waals surface area contributed by atoms with E-state index < -0.39 is 0 Å². The highest BCUT2D eigenvalue weighted by atomic mass is 16.5. The first-order chi connectivity index (χ1) is 20.2. The molecule has 5 rings (SSSR count). The highest BCUT2D eigenvalue weighted by Gasteiger charge is 2.21. The molecule has 0 unspecified atom stereocenters. The molecule has 222 valence electrons. The molecule has 1 aliphatic heterocycles. The van der Waals surface area contributed by atoms with E-state index in [1.807, 2.05) is 31.2 Å². The maximum atomic E-state index is 12.6. The van der Waals surface area contributed by atoms with Crippen molar-refractivity contribution in [2.24, 2.45) is 5.92 Å². The predicted molar refractivity (Wildman–Crippen MR) is 168 cm³/mol. The molecule has 7 nitrogen and oxygen atoms in total. The Labute approximate surface area is 249 Å². The standard InChI is InChI=1S/C35H44N4O3/c1-25-31(34(40)36-18-21-41-5)14-15-33-32(25)24-39(37-33)23-27-16-19-38(20-17-27)22-26-6-10-29(11-7-26)42-30-12-8-28(9-13-30)35(2,3)4/h6-15,24,27H,16-23H2,1-5H3,(H,36,40). The molecule has 1 fully saturated rings. The minimum atomic E-state index is -0.0698. The molecule has 42 heavy (non-hydrogen) atoms. The van der Waals surface area contributed by atoms with Gasteiger partial charge in [0.25, 0.3) is 5.91 Å². The quantitative estimate of drug-likeness (QED) is 0.215. The maximum absolute atomic E-state index is 12.6. The fourth-order valence-electron chi connectivity index (χ4n) is 5.65. The molecule has 0 saturated carbocycles. The molecule has 1 aromatic heterocycles. The molecule has 0 bridgehead atoms. The van der Waals surface area contributed by atoms with E-state index >= 15 is 0 Å². The number of methoxy groups -OCH3 is 1. The SMILES string of the molecule is COCCNC(=O)c1ccc2nn(CC3CCN(Cc4ccc(Oc5ccc(C(C)(C)C)cc5)cc4)CC3)cc2c1C. The Morgan fingerprint density at radius 1 is 0.976 bits per heavy atom. The van der Waals surface area contributed by atoms with Crippen molar-refractivity contribution in [2.75, 3.05) is 33.4 Å². The number of hydrogen-bond acceptors (Lipinski definition) is 5. The smallest absolute Gasteiger partial charge is 0.251 e. The topological polar surface area (TPSA) is 68.6 Å². The summed E-state index contributed by atoms with van der Waals surface area (Å²) in [6.45, 7) is 13.7. The number of ether oxygens (including phenoxy) is 2. The van der Waals surface area contributed by atoms with E-state index in [1.165, 1.54) is 11.1 Å². The van der Waals surface area contributed by atoms with Crippen LogP contribution < -0.4 is 10.1 Å². The van der Waals surface area contributed by atoms with Crippen molar-refractivity contribution in [1.29, 1.82) is 0 Å². The highest BCUT2D eigenvalue weighted by molar-refractivity contribution is 6.00. The Balaban J connectivity index is 1.10. The summed E-state index contributed by atoms with van der Waals surface area (Å²) < 4.78 is 13.2. The summed E-state index contributed by atoms with van der Waals surface area (Å²) in [5.41, 5.74) is 5.35. The zero-order valence-electron chi connectivity index (χ0n) is 25.7. The number of fused-ring (bicyclic) bond motifs is 1. The zero-order chi connectivity index (χ0) is 29.7. The molecule has 0 aliphatic carbocycles. The number of aromatic nitrogens is 2. The Hall–Kier alpha value is -3.68. The van der Waals surface area contributed by atoms with Crippen molar-refractivity contribution in [3.63, 3.8) is 0 Å². The first-order valence-electron chi connectivity index (χ1n) is 15.0. The van der Waals surface area contributed by atoms with Crippen molar-refractivity contribution >= 4 is 16.8 Å². The summed E-state index contributed by atoms with van der Waals surface area (Å²) >= 11 is 0. The predicted octanol–water partition coefficient (Wildman–Crippen LogP) is 6.72. The molecule has 1 aliphatic rings. The lowest BCUT2D eigenvalue weighted by molar-refractivity contribution is 0.0936. The number of rotatable bonds is 10. The normalized spacial score (nSPS) is 14.8. The summed E-state index contributed by atoms with van der Waals surface area (Å²) in [6.07, 6.45) is 4.40. The molecule has 7 heteroatoms. The number of aryl methyl sites for hydroxylation is 1. The fourth-order valence-corrected chi connectivity index (χ4v) is 5.65. The molecule has 0 spiro atoms. The summed E-state index contributed by atoms with van der Waals surface area (Å²) in [6, 6.07) is 20.7. The van der Waals surface area contributed by atoms with Crippen LogP contribution >= 0.6 is 0 Å². The van der Waals surface area contributed by atoms with Crippen LogP contribution in [0, 0.1) is 12.8 Å². The summed E-state index contributed by atoms with van der Waals surface area (Å²) in [5, 5.41) is 8.78. The van der Waals surface area contributed by atoms with Crippen LogP contribution in [0.3, 0.4) is 0 Å². The first kappa shape index (κ1) is 29.8. The van der Waals surface area contributed by atoms with Crippen molar-refractivity contribution in [3.8, 4) is 11.5 Å². The second kappa shape index (κ2) is 13.1. The van der Waals surface area contributed by atoms with Crippen LogP contribution in [0.1, 0.15) is 60.7 Å². The number of nitrogens with zero attached hydrogens (tertiary/aromatic N) is 3. The van der Waals surface area contributed by atoms with Crippen molar-refractivity contribution in [3.05, 3.63) is 89.1 Å². The molecule has 1 saturated heterocycles. The lowest BCUT2D eigenvalue weighted by Gasteiger charge is -2.32. The Kier molecular flexibility index (Phi) is 9.29. The Morgan fingerprint density at radius 3 is 2.29 bits per heavy atom. The lowest BCUT2D eigenvalue weighted by Crippen LogP contribution is -2.34. The average Bonchev–Trinajstić information content (AvgIpc) is 3.39. The lowest BCUT2D eigenvalue weighted by atomic mass is 9.87. The molecule has 3 aromatic carbocycles. The third-order valence-electron chi connectivity index (χ3n) is 8.28. The van der Waals surface area contributed by atoms with Gasteiger partial charge in [-0.3, -0.25) is 14.4 Å². The molecular formula is C35H44N4O3. The minimum absolute atomic E-state index is 0.0698. The largest absolute Gasteiger partial charge is 0.457 e. The summed E-state index contributed by atoms with van der Waals surface area (Å²) in [5.74, 6) is 2.25. The van der Waals surface area contributed by atoms with Gasteiger partial charge in [-0.15, -0.1) is 0 Å². The van der Waals surface area contributed by atoms with Crippen molar-refractivity contribution in [1.82, 2.24) is 20.0 Å². The van der Waals surface area contributed by atoms with Gasteiger partial charge < -0.3 is 14.8 Å². The number of benzene rings is 3. The third kappa shape index (κ3) is 7.39. The highest BCUT2D eigenvalue weighted by Crippen LogP contribution is 2.28. The zero-order valence-corrected chi connectivity index (χ0v) is 25.7. The van der Waals surface area contributed by atoms with Crippen LogP contribution in [0.25, 0.3) is 10.9 Å². The number of amides is 1. The van der Waals surface area contributed by atoms with Crippen LogP contribution in [-0.2, 0) is 23.2 Å². The van der Waals surface area contributed by atoms with E-state index in [0.29, 0.717) is 24.6 Å². The monoisotopic (exact) mass is 568 g/mol. The van der Waals surface area contributed by atoms with Gasteiger partial charge in [0.2, 0.25) is 0 Å². The van der Waals surface area contributed by atoms with E-state index in [9.17, 15) is 4.79 Å². The number of nitrogens with one attached hydrogen (secondary N) is 1. The van der Waals surface area contributed by atoms with Gasteiger partial charge in [0, 0.05) is 43.9 Å². The number of likely N-dealkylation sites (tertiary alicyclic amines) is 1. The van der Waals surface area contributed by atoms with E-state index in [2.05, 4.69) is 78.3 Å². The van der Waals surface area contributed by atoms with Crippen LogP contribution in [-0.4, -0.2) is 53.9 Å². The van der Waals surface area contributed by atoms with Gasteiger partial charge in [0.05, 0.1) is 12.1 Å². The van der Waals surface area contributed by atoms with E-state index in [4.69, 9.17) is 14.6 Å². The van der Waals surface area contributed by atoms with Gasteiger partial charge in [-0.1, -0.05) is 45.0 Å². The van der Waals surface area contributed by atoms with Crippen LogP contribution in [0.2, 0.25) is 0 Å². The van der Waals surface area contributed by atoms with Crippen LogP contribution in [0.15, 0.2) is 66.9 Å². The van der Waals surface area contributed by atoms with Crippen LogP contribution in [0.5, 0.6) is 11.5 Å². The second-order valence-corrected chi connectivity index (χ2v) is 12.5. The van der Waals surface area contributed by atoms with Crippen molar-refractivity contribution < 1.29 is 14.3 Å². The third-order valence-corrected chi connectivity index (χ3v) is 8.28. The summed E-state index contributed by atoms with van der Waals surface area (Å²) in [4.78, 5) is 15.1. The number of carbonyl (C=O) groups is 1. The molecule has 2 heterocycles. The minimum Gasteiger partial charge on any atom is -0.457 e. The molecule has 4 aromatic rings. The van der Waals surface area contributed by atoms with E-state index in [0.717, 1.165) is 67.0 Å². The molecule has 1 amide bonds. The maximum Gasteiger partial charge on any atom is 0.251 e. The molecule has 0 atom stereocenters. The van der Waals surface area contributed by atoms with Gasteiger partial charge in [-0.05, 0) is 97.3 Å². The Bertz CT molecular complexity index is 1480. The molecule has 0 radical (unpaired) electrons. The number of piperidine rings is 1. The molecular weight excluding hydrogens is 524 g/mol. The summed E-state index contributed by atoms with van der Waals surface area (Å²) in [7, 11) is 1.63. The van der Waals surface area contributed by atoms with Crippen molar-refractivity contribution in [2.45, 2.75) is 59.0 Å². The van der Waals surface area contributed by atoms with Gasteiger partial charge in [-0.2, -0.15) is 5.10 Å². The van der Waals surface area contributed by atoms with E-state index in [-0.39, 0.29) is 11.3 Å². The number of hydrogen-bond donors (Lipinski definition) is 1. The van der Waals surface area contributed by atoms with Gasteiger partial charge >= 0.3 is 0 Å². The molecule has 1 N–H and O–H groups in total. The van der Waals surface area contributed by atoms with Gasteiger partial charge in [0.15, 0.2) is 0 Å². The first-order valence-corrected chi connectivity index (χ1v) is 15.0. The Morgan fingerprint density at radius 2 is 1.64 bits per heavy atom. The number of carbonyl (C=O) groups excluding carboxylic acids is 1. The van der Waals surface area contributed by atoms with E-state index in [1.54, 1.807) is 7.11 Å². The van der Waals surface area contributed by atoms with Gasteiger partial charge in [0.1, 0.15) is 11.5 Å².